The molecule has 0 bridgehead atoms. The number of nitrogens with one attached hydrogen (secondary N) is 1. The fourth-order valence-electron chi connectivity index (χ4n) is 2.76. The van der Waals surface area contributed by atoms with Gasteiger partial charge in [-0.25, -0.2) is 0 Å². The van der Waals surface area contributed by atoms with Crippen LogP contribution in [0.15, 0.2) is 36.9 Å². The zero-order valence-corrected chi connectivity index (χ0v) is 15.1. The summed E-state index contributed by atoms with van der Waals surface area (Å²) in [4.78, 5) is 14.5. The Morgan fingerprint density at radius 3 is 2.87 bits per heavy atom. The van der Waals surface area contributed by atoms with Crippen molar-refractivity contribution in [2.45, 2.75) is 25.3 Å². The average Bonchev–Trinajstić information content (AvgIpc) is 2.55. The molecule has 130 valence electrons. The number of carbonyl (C=O) groups excluding carboxylic acids is 1. The Bertz CT molecular complexity index is 497. The summed E-state index contributed by atoms with van der Waals surface area (Å²) in [6, 6.07) is 7.98. The summed E-state index contributed by atoms with van der Waals surface area (Å²) in [7, 11) is 1.67. The first-order chi connectivity index (χ1) is 10.3. The second kappa shape index (κ2) is 11.3. The van der Waals surface area contributed by atoms with Crippen LogP contribution in [0.4, 0.5) is 0 Å². The average molecular weight is 361 g/mol. The number of hydrogen-bond donors (Lipinski definition) is 1. The maximum Gasteiger partial charge on any atom is 0.223 e. The molecule has 1 N–H and O–H groups in total. The van der Waals surface area contributed by atoms with Crippen LogP contribution in [0, 0.1) is 0 Å². The number of nitrogens with zero attached hydrogens (tertiary/aromatic N) is 1. The van der Waals surface area contributed by atoms with Gasteiger partial charge >= 0.3 is 0 Å². The number of ether oxygens (including phenoxy) is 1. The van der Waals surface area contributed by atoms with Crippen LogP contribution in [0.1, 0.15) is 30.9 Å². The second-order valence-electron chi connectivity index (χ2n) is 5.23. The van der Waals surface area contributed by atoms with E-state index in [1.807, 2.05) is 35.2 Å². The standard InChI is InChI=1S/C17H24N2O2.2ClH/c1-3-4-5-10-17(20)19-12-11-18-13-15(19)14-8-6-7-9-16(14)21-2;;/h3,6-9,15,18H,1,4-5,10-13H2,2H3;2*1H. The third-order valence-electron chi connectivity index (χ3n) is 3.86. The summed E-state index contributed by atoms with van der Waals surface area (Å²) >= 11 is 0. The van der Waals surface area contributed by atoms with E-state index in [2.05, 4.69) is 11.9 Å². The molecule has 2 rings (SSSR count). The van der Waals surface area contributed by atoms with Crippen LogP contribution >= 0.6 is 24.8 Å². The molecule has 1 saturated heterocycles. The predicted octanol–water partition coefficient (Wildman–Crippen LogP) is 3.37. The highest BCUT2D eigenvalue weighted by atomic mass is 35.5. The molecule has 1 aliphatic rings. The van der Waals surface area contributed by atoms with E-state index in [-0.39, 0.29) is 36.8 Å². The van der Waals surface area contributed by atoms with Gasteiger partial charge in [-0.2, -0.15) is 0 Å². The van der Waals surface area contributed by atoms with Crippen LogP contribution in [0.2, 0.25) is 0 Å². The SMILES string of the molecule is C=CCCCC(=O)N1CCNCC1c1ccccc1OC.Cl.Cl. The smallest absolute Gasteiger partial charge is 0.223 e. The number of carbonyl (C=O) groups is 1. The molecular weight excluding hydrogens is 335 g/mol. The lowest BCUT2D eigenvalue weighted by Gasteiger charge is -2.37. The highest BCUT2D eigenvalue weighted by Gasteiger charge is 2.29. The fraction of sp³-hybridized carbons (Fsp3) is 0.471. The van der Waals surface area contributed by atoms with E-state index in [4.69, 9.17) is 4.74 Å². The Hall–Kier alpha value is -1.23. The van der Waals surface area contributed by atoms with Gasteiger partial charge in [-0.15, -0.1) is 31.4 Å². The summed E-state index contributed by atoms with van der Waals surface area (Å²) < 4.78 is 5.45. The van der Waals surface area contributed by atoms with E-state index in [1.165, 1.54) is 0 Å². The van der Waals surface area contributed by atoms with Crippen LogP contribution in [0.3, 0.4) is 0 Å². The molecule has 1 aliphatic heterocycles. The zero-order chi connectivity index (χ0) is 15.1. The molecule has 0 aliphatic carbocycles. The van der Waals surface area contributed by atoms with Crippen molar-refractivity contribution in [1.29, 1.82) is 0 Å². The Morgan fingerprint density at radius 2 is 2.17 bits per heavy atom. The maximum absolute atomic E-state index is 12.5. The highest BCUT2D eigenvalue weighted by Crippen LogP contribution is 2.30. The Balaban J connectivity index is 0.00000242. The fourth-order valence-corrected chi connectivity index (χ4v) is 2.76. The van der Waals surface area contributed by atoms with Gasteiger partial charge < -0.3 is 15.0 Å². The second-order valence-corrected chi connectivity index (χ2v) is 5.23. The number of benzene rings is 1. The lowest BCUT2D eigenvalue weighted by atomic mass is 10.0. The number of unbranched alkanes of at least 4 members (excludes halogenated alkanes) is 1. The number of para-hydroxylation sites is 1. The summed E-state index contributed by atoms with van der Waals surface area (Å²) in [5, 5.41) is 3.37. The number of amides is 1. The minimum atomic E-state index is 0. The molecule has 0 saturated carbocycles. The summed E-state index contributed by atoms with van der Waals surface area (Å²) in [6.45, 7) is 6.07. The number of methoxy groups -OCH3 is 1. The predicted molar refractivity (Wildman–Crippen MR) is 98.9 cm³/mol. The van der Waals surface area contributed by atoms with Crippen LogP contribution < -0.4 is 10.1 Å². The van der Waals surface area contributed by atoms with E-state index in [9.17, 15) is 4.79 Å². The summed E-state index contributed by atoms with van der Waals surface area (Å²) in [5.74, 6) is 1.06. The molecule has 1 unspecified atom stereocenters. The number of allylic oxidation sites excluding steroid dienone is 1. The van der Waals surface area contributed by atoms with E-state index < -0.39 is 0 Å². The molecule has 1 aromatic rings. The summed E-state index contributed by atoms with van der Waals surface area (Å²) in [6.07, 6.45) is 4.20. The summed E-state index contributed by atoms with van der Waals surface area (Å²) in [5.41, 5.74) is 1.07. The van der Waals surface area contributed by atoms with Gasteiger partial charge in [0, 0.05) is 31.6 Å². The molecule has 1 fully saturated rings. The van der Waals surface area contributed by atoms with Crippen LogP contribution in [-0.2, 0) is 4.79 Å². The molecule has 4 nitrogen and oxygen atoms in total. The van der Waals surface area contributed by atoms with E-state index in [1.54, 1.807) is 7.11 Å². The highest BCUT2D eigenvalue weighted by molar-refractivity contribution is 5.85. The van der Waals surface area contributed by atoms with E-state index in [0.29, 0.717) is 6.42 Å². The Kier molecular flexibility index (Phi) is 10.7. The topological polar surface area (TPSA) is 41.6 Å². The minimum Gasteiger partial charge on any atom is -0.496 e. The minimum absolute atomic E-state index is 0. The van der Waals surface area contributed by atoms with Gasteiger partial charge in [0.05, 0.1) is 13.2 Å². The van der Waals surface area contributed by atoms with Gasteiger partial charge in [0.2, 0.25) is 5.91 Å². The molecule has 6 heteroatoms. The van der Waals surface area contributed by atoms with Crippen LogP contribution in [-0.4, -0.2) is 37.6 Å². The number of halogens is 2. The molecule has 1 aromatic carbocycles. The molecule has 0 spiro atoms. The normalized spacial score (nSPS) is 16.7. The molecule has 1 atom stereocenters. The van der Waals surface area contributed by atoms with Crippen molar-refractivity contribution >= 4 is 30.7 Å². The van der Waals surface area contributed by atoms with Gasteiger partial charge in [-0.1, -0.05) is 24.3 Å². The van der Waals surface area contributed by atoms with Gasteiger partial charge in [-0.3, -0.25) is 4.79 Å². The van der Waals surface area contributed by atoms with Gasteiger partial charge in [0.1, 0.15) is 5.75 Å². The van der Waals surface area contributed by atoms with Crippen LogP contribution in [0.5, 0.6) is 5.75 Å². The first-order valence-corrected chi connectivity index (χ1v) is 7.52. The van der Waals surface area contributed by atoms with Crippen molar-refractivity contribution in [2.75, 3.05) is 26.7 Å². The lowest BCUT2D eigenvalue weighted by Crippen LogP contribution is -2.48. The monoisotopic (exact) mass is 360 g/mol. The molecule has 0 radical (unpaired) electrons. The Labute approximate surface area is 151 Å². The first-order valence-electron chi connectivity index (χ1n) is 7.52. The van der Waals surface area contributed by atoms with Gasteiger partial charge in [0.25, 0.3) is 0 Å². The first kappa shape index (κ1) is 21.8. The lowest BCUT2D eigenvalue weighted by molar-refractivity contribution is -0.134. The van der Waals surface area contributed by atoms with Crippen molar-refractivity contribution < 1.29 is 9.53 Å². The largest absolute Gasteiger partial charge is 0.496 e. The van der Waals surface area contributed by atoms with E-state index in [0.717, 1.165) is 43.8 Å². The van der Waals surface area contributed by atoms with Crippen molar-refractivity contribution in [1.82, 2.24) is 10.2 Å². The van der Waals surface area contributed by atoms with E-state index >= 15 is 0 Å². The molecule has 1 amide bonds. The Morgan fingerprint density at radius 1 is 1.43 bits per heavy atom. The number of hydrogen-bond acceptors (Lipinski definition) is 3. The van der Waals surface area contributed by atoms with Crippen molar-refractivity contribution in [3.8, 4) is 5.75 Å². The third kappa shape index (κ3) is 5.72. The zero-order valence-electron chi connectivity index (χ0n) is 13.5. The molecule has 1 heterocycles. The van der Waals surface area contributed by atoms with Crippen LogP contribution in [0.25, 0.3) is 0 Å². The van der Waals surface area contributed by atoms with Gasteiger partial charge in [0.15, 0.2) is 0 Å². The van der Waals surface area contributed by atoms with Gasteiger partial charge in [-0.05, 0) is 18.9 Å². The van der Waals surface area contributed by atoms with Crippen molar-refractivity contribution in [3.63, 3.8) is 0 Å². The third-order valence-corrected chi connectivity index (χ3v) is 3.86. The maximum atomic E-state index is 12.5. The molecular formula is C17H26Cl2N2O2. The van der Waals surface area contributed by atoms with Crippen molar-refractivity contribution in [3.05, 3.63) is 42.5 Å². The quantitative estimate of drug-likeness (QED) is 0.624. The number of rotatable bonds is 6. The molecule has 0 aromatic heterocycles. The number of piperazine rings is 1. The molecule has 23 heavy (non-hydrogen) atoms. The van der Waals surface area contributed by atoms with Crippen molar-refractivity contribution in [2.24, 2.45) is 0 Å².